The number of hydrogen-bond donors (Lipinski definition) is 0. The third-order valence-corrected chi connectivity index (χ3v) is 1.48. The van der Waals surface area contributed by atoms with E-state index in [0.29, 0.717) is 13.2 Å². The molecule has 1 aliphatic heterocycles. The molecule has 0 aromatic rings. The fraction of sp³-hybridized carbons (Fsp3) is 0.571. The highest BCUT2D eigenvalue weighted by Gasteiger charge is 2.08. The molecule has 0 aromatic carbocycles. The van der Waals surface area contributed by atoms with Crippen LogP contribution >= 0.6 is 0 Å². The van der Waals surface area contributed by atoms with Gasteiger partial charge in [-0.15, -0.1) is 0 Å². The second-order valence-corrected chi connectivity index (χ2v) is 2.41. The zero-order chi connectivity index (χ0) is 8.81. The predicted molar refractivity (Wildman–Crippen MR) is 46.8 cm³/mol. The number of hydrogen-bond acceptors (Lipinski definition) is 4. The average molecular weight is 168 g/mol. The van der Waals surface area contributed by atoms with E-state index in [1.54, 1.807) is 16.4 Å². The topological polar surface area (TPSA) is 48.3 Å². The Morgan fingerprint density at radius 2 is 2.58 bits per heavy atom. The molecule has 1 aliphatic rings. The lowest BCUT2D eigenvalue weighted by atomic mass is 10.5. The lowest BCUT2D eigenvalue weighted by molar-refractivity contribution is -0.128. The largest absolute Gasteiger partial charge is 0.277 e. The molecule has 0 N–H and O–H groups in total. The number of carbonyl (C=O) groups excluding carboxylic acids is 1. The summed E-state index contributed by atoms with van der Waals surface area (Å²) >= 11 is 0. The highest BCUT2D eigenvalue weighted by Crippen LogP contribution is 1.96. The molecule has 0 spiro atoms. The van der Waals surface area contributed by atoms with Gasteiger partial charge in [0.05, 0.1) is 0 Å². The van der Waals surface area contributed by atoms with Gasteiger partial charge in [-0.3, -0.25) is 19.8 Å². The molecular weight excluding hydrogens is 156 g/mol. The molecule has 5 heteroatoms. The maximum Gasteiger partial charge on any atom is 0.228 e. The molecule has 1 heterocycles. The minimum absolute atomic E-state index is 0.474. The molecule has 0 radical (unpaired) electrons. The fourth-order valence-corrected chi connectivity index (χ4v) is 0.929. The van der Waals surface area contributed by atoms with Crippen molar-refractivity contribution in [3.05, 3.63) is 0 Å². The summed E-state index contributed by atoms with van der Waals surface area (Å²) in [6.07, 6.45) is 4.78. The van der Waals surface area contributed by atoms with E-state index in [9.17, 15) is 4.79 Å². The number of rotatable bonds is 4. The van der Waals surface area contributed by atoms with Crippen LogP contribution in [-0.2, 0) is 4.79 Å². The SMILES string of the molecule is CCCN(C=O)N1C=NC=NC1. The van der Waals surface area contributed by atoms with Crippen LogP contribution in [-0.4, -0.2) is 42.3 Å². The minimum atomic E-state index is 0.474. The van der Waals surface area contributed by atoms with Crippen LogP contribution < -0.4 is 0 Å². The standard InChI is InChI=1S/C7H12N4O/c1-2-3-10(7-12)11-5-8-4-9-6-11/h4-5,7H,2-3,6H2,1H3. The van der Waals surface area contributed by atoms with Crippen molar-refractivity contribution < 1.29 is 4.79 Å². The van der Waals surface area contributed by atoms with Crippen molar-refractivity contribution in [1.82, 2.24) is 10.0 Å². The zero-order valence-corrected chi connectivity index (χ0v) is 7.05. The van der Waals surface area contributed by atoms with E-state index < -0.39 is 0 Å². The first-order chi connectivity index (χ1) is 5.88. The second kappa shape index (κ2) is 4.48. The van der Waals surface area contributed by atoms with E-state index in [1.807, 2.05) is 6.92 Å². The minimum Gasteiger partial charge on any atom is -0.277 e. The smallest absolute Gasteiger partial charge is 0.228 e. The number of aliphatic imine (C=N–C) groups is 2. The van der Waals surface area contributed by atoms with Gasteiger partial charge in [0.2, 0.25) is 6.41 Å². The van der Waals surface area contributed by atoms with Crippen LogP contribution in [0.15, 0.2) is 9.98 Å². The molecule has 0 unspecified atom stereocenters. The van der Waals surface area contributed by atoms with Gasteiger partial charge in [0.25, 0.3) is 0 Å². The number of carbonyl (C=O) groups is 1. The van der Waals surface area contributed by atoms with Crippen molar-refractivity contribution in [2.75, 3.05) is 13.2 Å². The Kier molecular flexibility index (Phi) is 3.25. The maximum atomic E-state index is 10.6. The van der Waals surface area contributed by atoms with Crippen LogP contribution in [0.1, 0.15) is 13.3 Å². The van der Waals surface area contributed by atoms with Crippen molar-refractivity contribution in [3.63, 3.8) is 0 Å². The van der Waals surface area contributed by atoms with E-state index in [-0.39, 0.29) is 0 Å². The van der Waals surface area contributed by atoms with Crippen molar-refractivity contribution in [2.24, 2.45) is 9.98 Å². The first kappa shape index (κ1) is 8.70. The Labute approximate surface area is 71.4 Å². The second-order valence-electron chi connectivity index (χ2n) is 2.41. The predicted octanol–water partition coefficient (Wildman–Crippen LogP) is 0.0995. The van der Waals surface area contributed by atoms with E-state index in [2.05, 4.69) is 9.98 Å². The van der Waals surface area contributed by atoms with Gasteiger partial charge in [0.1, 0.15) is 19.3 Å². The normalized spacial score (nSPS) is 14.9. The molecule has 0 saturated carbocycles. The highest BCUT2D eigenvalue weighted by molar-refractivity contribution is 5.73. The Morgan fingerprint density at radius 1 is 1.75 bits per heavy atom. The Morgan fingerprint density at radius 3 is 3.08 bits per heavy atom. The molecule has 5 nitrogen and oxygen atoms in total. The molecule has 1 amide bonds. The third kappa shape index (κ3) is 2.05. The Hall–Kier alpha value is -1.39. The molecular formula is C7H12N4O. The first-order valence-electron chi connectivity index (χ1n) is 3.88. The van der Waals surface area contributed by atoms with E-state index >= 15 is 0 Å². The summed E-state index contributed by atoms with van der Waals surface area (Å²) in [5, 5.41) is 3.23. The molecule has 66 valence electrons. The summed E-state index contributed by atoms with van der Waals surface area (Å²) in [6.45, 7) is 3.19. The molecule has 0 aliphatic carbocycles. The summed E-state index contributed by atoms with van der Waals surface area (Å²) < 4.78 is 0. The molecule has 0 aromatic heterocycles. The molecule has 12 heavy (non-hydrogen) atoms. The zero-order valence-electron chi connectivity index (χ0n) is 7.05. The summed E-state index contributed by atoms with van der Waals surface area (Å²) in [5.74, 6) is 0. The van der Waals surface area contributed by atoms with Gasteiger partial charge in [-0.2, -0.15) is 0 Å². The van der Waals surface area contributed by atoms with Crippen molar-refractivity contribution in [2.45, 2.75) is 13.3 Å². The Bertz CT molecular complexity index is 202. The third-order valence-electron chi connectivity index (χ3n) is 1.48. The van der Waals surface area contributed by atoms with Crippen LogP contribution in [0.2, 0.25) is 0 Å². The van der Waals surface area contributed by atoms with E-state index in [0.717, 1.165) is 12.8 Å². The number of amides is 1. The molecule has 0 bridgehead atoms. The maximum absolute atomic E-state index is 10.6. The van der Waals surface area contributed by atoms with E-state index in [1.165, 1.54) is 6.34 Å². The van der Waals surface area contributed by atoms with Gasteiger partial charge in [0, 0.05) is 6.54 Å². The van der Waals surface area contributed by atoms with Gasteiger partial charge >= 0.3 is 0 Å². The van der Waals surface area contributed by atoms with Crippen molar-refractivity contribution >= 4 is 19.1 Å². The molecule has 1 rings (SSSR count). The summed E-state index contributed by atoms with van der Waals surface area (Å²) in [6, 6.07) is 0. The fourth-order valence-electron chi connectivity index (χ4n) is 0.929. The first-order valence-corrected chi connectivity index (χ1v) is 3.88. The number of nitrogens with zero attached hydrogens (tertiary/aromatic N) is 4. The summed E-state index contributed by atoms with van der Waals surface area (Å²) in [7, 11) is 0. The average Bonchev–Trinajstić information content (AvgIpc) is 2.15. The molecule has 0 atom stereocenters. The lowest BCUT2D eigenvalue weighted by Crippen LogP contribution is -2.42. The quantitative estimate of drug-likeness (QED) is 0.559. The van der Waals surface area contributed by atoms with Crippen LogP contribution in [0.5, 0.6) is 0 Å². The van der Waals surface area contributed by atoms with Crippen molar-refractivity contribution in [1.29, 1.82) is 0 Å². The summed E-state index contributed by atoms with van der Waals surface area (Å²) in [4.78, 5) is 18.3. The van der Waals surface area contributed by atoms with Gasteiger partial charge in [-0.05, 0) is 6.42 Å². The van der Waals surface area contributed by atoms with Gasteiger partial charge < -0.3 is 0 Å². The van der Waals surface area contributed by atoms with Gasteiger partial charge in [0.15, 0.2) is 0 Å². The number of hydrazine groups is 1. The van der Waals surface area contributed by atoms with Crippen molar-refractivity contribution in [3.8, 4) is 0 Å². The summed E-state index contributed by atoms with van der Waals surface area (Å²) in [5.41, 5.74) is 0. The van der Waals surface area contributed by atoms with E-state index in [4.69, 9.17) is 0 Å². The van der Waals surface area contributed by atoms with Crippen LogP contribution in [0.4, 0.5) is 0 Å². The van der Waals surface area contributed by atoms with Gasteiger partial charge in [-0.1, -0.05) is 6.92 Å². The molecule has 0 fully saturated rings. The Balaban J connectivity index is 2.48. The van der Waals surface area contributed by atoms with Crippen LogP contribution in [0, 0.1) is 0 Å². The van der Waals surface area contributed by atoms with Crippen LogP contribution in [0.3, 0.4) is 0 Å². The van der Waals surface area contributed by atoms with Gasteiger partial charge in [-0.25, -0.2) is 4.99 Å². The monoisotopic (exact) mass is 168 g/mol. The highest BCUT2D eigenvalue weighted by atomic mass is 16.1. The molecule has 0 saturated heterocycles. The van der Waals surface area contributed by atoms with Crippen LogP contribution in [0.25, 0.3) is 0 Å². The lowest BCUT2D eigenvalue weighted by Gasteiger charge is -2.28.